The Bertz CT molecular complexity index is 213. The second-order valence-corrected chi connectivity index (χ2v) is 6.45. The van der Waals surface area contributed by atoms with Crippen LogP contribution in [-0.2, 0) is 0 Å². The van der Waals surface area contributed by atoms with Crippen molar-refractivity contribution in [2.24, 2.45) is 5.73 Å². The van der Waals surface area contributed by atoms with E-state index in [0.717, 1.165) is 6.04 Å². The van der Waals surface area contributed by atoms with Gasteiger partial charge in [0, 0.05) is 11.6 Å². The molecule has 0 aromatic heterocycles. The largest absolute Gasteiger partial charge is 0.325 e. The minimum Gasteiger partial charge on any atom is -0.325 e. The molecule has 0 amide bonds. The van der Waals surface area contributed by atoms with E-state index in [0.29, 0.717) is 0 Å². The Balaban J connectivity index is 1.73. The summed E-state index contributed by atoms with van der Waals surface area (Å²) in [5.41, 5.74) is 6.62. The Morgan fingerprint density at radius 3 is 2.18 bits per heavy atom. The molecular formula is C15H30N2. The van der Waals surface area contributed by atoms with Crippen molar-refractivity contribution in [2.75, 3.05) is 13.6 Å². The molecule has 0 atom stereocenters. The van der Waals surface area contributed by atoms with Gasteiger partial charge in [0.05, 0.1) is 0 Å². The molecule has 2 N–H and O–H groups in total. The van der Waals surface area contributed by atoms with E-state index in [2.05, 4.69) is 11.9 Å². The van der Waals surface area contributed by atoms with E-state index in [4.69, 9.17) is 5.73 Å². The van der Waals surface area contributed by atoms with E-state index in [1.54, 1.807) is 0 Å². The quantitative estimate of drug-likeness (QED) is 0.761. The maximum absolute atomic E-state index is 6.44. The molecule has 100 valence electrons. The lowest BCUT2D eigenvalue weighted by Gasteiger charge is -2.31. The van der Waals surface area contributed by atoms with Gasteiger partial charge in [0.1, 0.15) is 0 Å². The molecule has 2 saturated carbocycles. The average Bonchev–Trinajstić information content (AvgIpc) is 2.60. The van der Waals surface area contributed by atoms with Crippen LogP contribution in [0.5, 0.6) is 0 Å². The smallest absolute Gasteiger partial charge is 0.0166 e. The van der Waals surface area contributed by atoms with Gasteiger partial charge in [-0.2, -0.15) is 0 Å². The number of rotatable bonds is 4. The van der Waals surface area contributed by atoms with Crippen LogP contribution < -0.4 is 5.73 Å². The first-order valence-electron chi connectivity index (χ1n) is 7.69. The summed E-state index contributed by atoms with van der Waals surface area (Å²) in [7, 11) is 2.31. The average molecular weight is 238 g/mol. The molecule has 0 aromatic carbocycles. The van der Waals surface area contributed by atoms with Crippen LogP contribution in [0.4, 0.5) is 0 Å². The first-order valence-corrected chi connectivity index (χ1v) is 7.69. The fourth-order valence-corrected chi connectivity index (χ4v) is 3.61. The fourth-order valence-electron chi connectivity index (χ4n) is 3.61. The summed E-state index contributed by atoms with van der Waals surface area (Å²) < 4.78 is 0. The normalized spacial score (nSPS) is 26.3. The van der Waals surface area contributed by atoms with Crippen LogP contribution in [0.2, 0.25) is 0 Å². The molecule has 0 spiro atoms. The van der Waals surface area contributed by atoms with E-state index in [1.165, 1.54) is 77.2 Å². The Kier molecular flexibility index (Phi) is 4.87. The Morgan fingerprint density at radius 1 is 1.00 bits per heavy atom. The molecule has 2 aliphatic rings. The zero-order valence-electron chi connectivity index (χ0n) is 11.6. The number of nitrogens with two attached hydrogens (primary N) is 1. The molecule has 2 rings (SSSR count). The summed E-state index contributed by atoms with van der Waals surface area (Å²) in [6.45, 7) is 1.21. The molecule has 2 fully saturated rings. The van der Waals surface area contributed by atoms with Crippen LogP contribution in [0, 0.1) is 0 Å². The molecule has 0 heterocycles. The third-order valence-electron chi connectivity index (χ3n) is 5.01. The summed E-state index contributed by atoms with van der Waals surface area (Å²) in [6, 6.07) is 0.836. The van der Waals surface area contributed by atoms with Gasteiger partial charge in [-0.3, -0.25) is 0 Å². The summed E-state index contributed by atoms with van der Waals surface area (Å²) in [5, 5.41) is 0. The molecule has 0 aliphatic heterocycles. The van der Waals surface area contributed by atoms with Crippen molar-refractivity contribution in [2.45, 2.75) is 82.2 Å². The minimum absolute atomic E-state index is 0.180. The van der Waals surface area contributed by atoms with E-state index in [9.17, 15) is 0 Å². The molecule has 0 radical (unpaired) electrons. The van der Waals surface area contributed by atoms with Crippen molar-refractivity contribution in [1.82, 2.24) is 4.90 Å². The molecule has 0 aromatic rings. The van der Waals surface area contributed by atoms with Gasteiger partial charge < -0.3 is 10.6 Å². The third-order valence-corrected chi connectivity index (χ3v) is 5.01. The van der Waals surface area contributed by atoms with Crippen molar-refractivity contribution >= 4 is 0 Å². The molecule has 2 aliphatic carbocycles. The lowest BCUT2D eigenvalue weighted by molar-refractivity contribution is 0.198. The van der Waals surface area contributed by atoms with Crippen LogP contribution in [-0.4, -0.2) is 30.1 Å². The SMILES string of the molecule is CN(CCC1(N)CCCC1)C1CCCCCC1. The zero-order chi connectivity index (χ0) is 12.1. The standard InChI is InChI=1S/C15H30N2/c1-17(14-8-4-2-3-5-9-14)13-12-15(16)10-6-7-11-15/h14H,2-13,16H2,1H3. The zero-order valence-corrected chi connectivity index (χ0v) is 11.6. The number of nitrogens with zero attached hydrogens (tertiary/aromatic N) is 1. The summed E-state index contributed by atoms with van der Waals surface area (Å²) in [4.78, 5) is 2.60. The van der Waals surface area contributed by atoms with Gasteiger partial charge in [0.2, 0.25) is 0 Å². The van der Waals surface area contributed by atoms with Gasteiger partial charge in [0.25, 0.3) is 0 Å². The van der Waals surface area contributed by atoms with Crippen molar-refractivity contribution in [3.05, 3.63) is 0 Å². The Morgan fingerprint density at radius 2 is 1.59 bits per heavy atom. The third kappa shape index (κ3) is 3.96. The minimum atomic E-state index is 0.180. The second kappa shape index (κ2) is 6.19. The Labute approximate surface area is 107 Å². The molecule has 0 unspecified atom stereocenters. The van der Waals surface area contributed by atoms with Crippen molar-refractivity contribution in [3.8, 4) is 0 Å². The van der Waals surface area contributed by atoms with Gasteiger partial charge in [-0.15, -0.1) is 0 Å². The highest BCUT2D eigenvalue weighted by molar-refractivity contribution is 4.90. The van der Waals surface area contributed by atoms with Gasteiger partial charge >= 0.3 is 0 Å². The molecule has 2 nitrogen and oxygen atoms in total. The van der Waals surface area contributed by atoms with Crippen LogP contribution in [0.1, 0.15) is 70.6 Å². The first-order chi connectivity index (χ1) is 8.20. The van der Waals surface area contributed by atoms with Crippen LogP contribution in [0.25, 0.3) is 0 Å². The summed E-state index contributed by atoms with van der Waals surface area (Å²) >= 11 is 0. The van der Waals surface area contributed by atoms with Crippen molar-refractivity contribution in [1.29, 1.82) is 0 Å². The molecular weight excluding hydrogens is 208 g/mol. The van der Waals surface area contributed by atoms with Crippen molar-refractivity contribution < 1.29 is 0 Å². The van der Waals surface area contributed by atoms with Gasteiger partial charge in [-0.1, -0.05) is 38.5 Å². The monoisotopic (exact) mass is 238 g/mol. The van der Waals surface area contributed by atoms with E-state index in [-0.39, 0.29) is 5.54 Å². The lowest BCUT2D eigenvalue weighted by Crippen LogP contribution is -2.42. The van der Waals surface area contributed by atoms with E-state index in [1.807, 2.05) is 0 Å². The molecule has 17 heavy (non-hydrogen) atoms. The highest BCUT2D eigenvalue weighted by Gasteiger charge is 2.29. The Hall–Kier alpha value is -0.0800. The van der Waals surface area contributed by atoms with E-state index >= 15 is 0 Å². The van der Waals surface area contributed by atoms with Gasteiger partial charge in [-0.05, 0) is 45.7 Å². The number of hydrogen-bond acceptors (Lipinski definition) is 2. The topological polar surface area (TPSA) is 29.3 Å². The lowest BCUT2D eigenvalue weighted by atomic mass is 9.94. The summed E-state index contributed by atoms with van der Waals surface area (Å²) in [5.74, 6) is 0. The van der Waals surface area contributed by atoms with E-state index < -0.39 is 0 Å². The molecule has 0 saturated heterocycles. The number of hydrogen-bond donors (Lipinski definition) is 1. The van der Waals surface area contributed by atoms with Crippen LogP contribution in [0.3, 0.4) is 0 Å². The van der Waals surface area contributed by atoms with Crippen LogP contribution in [0.15, 0.2) is 0 Å². The molecule has 0 bridgehead atoms. The predicted molar refractivity (Wildman–Crippen MR) is 74.1 cm³/mol. The van der Waals surface area contributed by atoms with Gasteiger partial charge in [-0.25, -0.2) is 0 Å². The van der Waals surface area contributed by atoms with Crippen molar-refractivity contribution in [3.63, 3.8) is 0 Å². The highest BCUT2D eigenvalue weighted by Crippen LogP contribution is 2.30. The van der Waals surface area contributed by atoms with Gasteiger partial charge in [0.15, 0.2) is 0 Å². The predicted octanol–water partition coefficient (Wildman–Crippen LogP) is 3.30. The molecule has 2 heteroatoms. The van der Waals surface area contributed by atoms with Crippen LogP contribution >= 0.6 is 0 Å². The first kappa shape index (κ1) is 13.4. The highest BCUT2D eigenvalue weighted by atomic mass is 15.1. The maximum Gasteiger partial charge on any atom is 0.0166 e. The second-order valence-electron chi connectivity index (χ2n) is 6.45. The fraction of sp³-hybridized carbons (Fsp3) is 1.00. The maximum atomic E-state index is 6.44. The summed E-state index contributed by atoms with van der Waals surface area (Å²) in [6.07, 6.45) is 15.0.